The van der Waals surface area contributed by atoms with E-state index < -0.39 is 5.54 Å². The second-order valence-corrected chi connectivity index (χ2v) is 5.60. The molecule has 0 aliphatic carbocycles. The number of carbonyl (C=O) groups excluding carboxylic acids is 1. The van der Waals surface area contributed by atoms with Crippen molar-refractivity contribution < 1.29 is 9.53 Å². The lowest BCUT2D eigenvalue weighted by Gasteiger charge is -2.27. The third-order valence-electron chi connectivity index (χ3n) is 4.00. The lowest BCUT2D eigenvalue weighted by atomic mass is 10.0. The first-order valence-electron chi connectivity index (χ1n) is 7.19. The van der Waals surface area contributed by atoms with Crippen molar-refractivity contribution in [3.05, 3.63) is 29.6 Å². The van der Waals surface area contributed by atoms with E-state index in [1.54, 1.807) is 13.4 Å². The van der Waals surface area contributed by atoms with Crippen LogP contribution in [0.1, 0.15) is 25.0 Å². The molecule has 5 nitrogen and oxygen atoms in total. The number of benzene rings is 1. The predicted molar refractivity (Wildman–Crippen MR) is 83.3 cm³/mol. The lowest BCUT2D eigenvalue weighted by Crippen LogP contribution is -2.51. The van der Waals surface area contributed by atoms with E-state index in [4.69, 9.17) is 4.74 Å². The summed E-state index contributed by atoms with van der Waals surface area (Å²) >= 11 is 0. The Bertz CT molecular complexity index is 663. The Labute approximate surface area is 125 Å². The van der Waals surface area contributed by atoms with Crippen molar-refractivity contribution >= 4 is 17.0 Å². The number of esters is 1. The van der Waals surface area contributed by atoms with Gasteiger partial charge in [-0.2, -0.15) is 0 Å². The molecule has 0 saturated heterocycles. The van der Waals surface area contributed by atoms with Crippen LogP contribution in [0.15, 0.2) is 18.5 Å². The largest absolute Gasteiger partial charge is 0.465 e. The quantitative estimate of drug-likeness (QED) is 0.857. The normalized spacial score (nSPS) is 14.1. The van der Waals surface area contributed by atoms with Gasteiger partial charge in [-0.25, -0.2) is 9.78 Å². The highest BCUT2D eigenvalue weighted by molar-refractivity contribution is 5.81. The second-order valence-electron chi connectivity index (χ2n) is 5.60. The van der Waals surface area contributed by atoms with Crippen LogP contribution in [-0.4, -0.2) is 34.7 Å². The van der Waals surface area contributed by atoms with Gasteiger partial charge in [0.1, 0.15) is 5.54 Å². The van der Waals surface area contributed by atoms with Gasteiger partial charge in [-0.15, -0.1) is 0 Å². The van der Waals surface area contributed by atoms with Crippen LogP contribution in [0.5, 0.6) is 0 Å². The second kappa shape index (κ2) is 5.85. The van der Waals surface area contributed by atoms with E-state index in [1.807, 2.05) is 18.4 Å². The topological polar surface area (TPSA) is 56.2 Å². The Hall–Kier alpha value is -1.88. The van der Waals surface area contributed by atoms with Crippen molar-refractivity contribution in [2.75, 3.05) is 13.7 Å². The Balaban J connectivity index is 2.38. The summed E-state index contributed by atoms with van der Waals surface area (Å²) in [5.41, 5.74) is 3.63. The first-order valence-corrected chi connectivity index (χ1v) is 7.19. The molecule has 2 aromatic rings. The van der Waals surface area contributed by atoms with E-state index in [0.717, 1.165) is 11.0 Å². The molecule has 1 aromatic carbocycles. The highest BCUT2D eigenvalue weighted by atomic mass is 16.5. The Morgan fingerprint density at radius 1 is 1.38 bits per heavy atom. The maximum Gasteiger partial charge on any atom is 0.327 e. The number of aromatic nitrogens is 2. The summed E-state index contributed by atoms with van der Waals surface area (Å²) in [6, 6.07) is 4.18. The van der Waals surface area contributed by atoms with Gasteiger partial charge in [0, 0.05) is 0 Å². The summed E-state index contributed by atoms with van der Waals surface area (Å²) in [6.45, 7) is 8.66. The molecule has 0 aliphatic rings. The zero-order valence-corrected chi connectivity index (χ0v) is 13.4. The molecule has 1 aromatic heterocycles. The maximum atomic E-state index is 12.2. The summed E-state index contributed by atoms with van der Waals surface area (Å²) in [5.74, 6) is -0.252. The molecular formula is C16H23N3O2. The number of ether oxygens (including phenoxy) is 1. The maximum absolute atomic E-state index is 12.2. The molecule has 21 heavy (non-hydrogen) atoms. The molecule has 0 spiro atoms. The van der Waals surface area contributed by atoms with Gasteiger partial charge in [-0.1, -0.05) is 0 Å². The smallest absolute Gasteiger partial charge is 0.327 e. The fraction of sp³-hybridized carbons (Fsp3) is 0.500. The van der Waals surface area contributed by atoms with Crippen LogP contribution in [-0.2, 0) is 16.1 Å². The number of nitrogens with zero attached hydrogens (tertiary/aromatic N) is 2. The van der Waals surface area contributed by atoms with Crippen molar-refractivity contribution in [2.24, 2.45) is 0 Å². The average molecular weight is 289 g/mol. The van der Waals surface area contributed by atoms with E-state index >= 15 is 0 Å². The van der Waals surface area contributed by atoms with Gasteiger partial charge in [0.2, 0.25) is 0 Å². The number of rotatable bonds is 5. The highest BCUT2D eigenvalue weighted by Crippen LogP contribution is 2.20. The number of nitrogens with one attached hydrogen (secondary N) is 1. The number of hydrogen-bond donors (Lipinski definition) is 1. The Kier molecular flexibility index (Phi) is 4.32. The van der Waals surface area contributed by atoms with Crippen LogP contribution in [0, 0.1) is 13.8 Å². The summed E-state index contributed by atoms with van der Waals surface area (Å²) < 4.78 is 7.16. The summed E-state index contributed by atoms with van der Waals surface area (Å²) in [5, 5.41) is 3.07. The summed E-state index contributed by atoms with van der Waals surface area (Å²) in [6.07, 6.45) is 1.78. The summed E-state index contributed by atoms with van der Waals surface area (Å²) in [7, 11) is 1.77. The van der Waals surface area contributed by atoms with Crippen LogP contribution in [0.2, 0.25) is 0 Å². The van der Waals surface area contributed by atoms with Crippen molar-refractivity contribution in [3.63, 3.8) is 0 Å². The van der Waals surface area contributed by atoms with Crippen molar-refractivity contribution in [1.29, 1.82) is 0 Å². The number of hydrogen-bond acceptors (Lipinski definition) is 4. The minimum absolute atomic E-state index is 0.252. The molecule has 1 unspecified atom stereocenters. The van der Waals surface area contributed by atoms with Crippen LogP contribution < -0.4 is 5.32 Å². The number of aryl methyl sites for hydroxylation is 2. The first-order chi connectivity index (χ1) is 9.91. The van der Waals surface area contributed by atoms with E-state index in [2.05, 4.69) is 36.3 Å². The van der Waals surface area contributed by atoms with E-state index in [0.29, 0.717) is 13.2 Å². The molecule has 1 atom stereocenters. The molecule has 114 valence electrons. The van der Waals surface area contributed by atoms with Gasteiger partial charge in [-0.3, -0.25) is 0 Å². The summed E-state index contributed by atoms with van der Waals surface area (Å²) in [4.78, 5) is 16.6. The minimum Gasteiger partial charge on any atom is -0.465 e. The molecule has 0 saturated carbocycles. The highest BCUT2D eigenvalue weighted by Gasteiger charge is 2.33. The van der Waals surface area contributed by atoms with Crippen LogP contribution >= 0.6 is 0 Å². The van der Waals surface area contributed by atoms with Gasteiger partial charge >= 0.3 is 5.97 Å². The van der Waals surface area contributed by atoms with Crippen molar-refractivity contribution in [2.45, 2.75) is 39.8 Å². The molecule has 0 aliphatic heterocycles. The number of imidazole rings is 1. The fourth-order valence-electron chi connectivity index (χ4n) is 2.32. The SMILES string of the molecule is CCOC(=O)C(C)(Cn1cnc2cc(C)c(C)cc21)NC. The fourth-order valence-corrected chi connectivity index (χ4v) is 2.32. The van der Waals surface area contributed by atoms with Gasteiger partial charge in [0.15, 0.2) is 0 Å². The Morgan fingerprint density at radius 3 is 2.67 bits per heavy atom. The van der Waals surface area contributed by atoms with Gasteiger partial charge in [-0.05, 0) is 58.0 Å². The van der Waals surface area contributed by atoms with Crippen molar-refractivity contribution in [1.82, 2.24) is 14.9 Å². The third kappa shape index (κ3) is 2.93. The van der Waals surface area contributed by atoms with Crippen LogP contribution in [0.4, 0.5) is 0 Å². The average Bonchev–Trinajstić information content (AvgIpc) is 2.81. The zero-order chi connectivity index (χ0) is 15.6. The molecule has 5 heteroatoms. The first kappa shape index (κ1) is 15.5. The molecule has 0 fully saturated rings. The molecule has 2 rings (SSSR count). The lowest BCUT2D eigenvalue weighted by molar-refractivity contribution is -0.150. The van der Waals surface area contributed by atoms with Gasteiger partial charge in [0.25, 0.3) is 0 Å². The van der Waals surface area contributed by atoms with Crippen LogP contribution in [0.3, 0.4) is 0 Å². The van der Waals surface area contributed by atoms with E-state index in [1.165, 1.54) is 11.1 Å². The number of likely N-dealkylation sites (N-methyl/N-ethyl adjacent to an activating group) is 1. The molecule has 1 heterocycles. The number of fused-ring (bicyclic) bond motifs is 1. The number of carbonyl (C=O) groups is 1. The molecule has 1 N–H and O–H groups in total. The van der Waals surface area contributed by atoms with E-state index in [9.17, 15) is 4.79 Å². The minimum atomic E-state index is -0.775. The molecule has 0 amide bonds. The van der Waals surface area contributed by atoms with Crippen LogP contribution in [0.25, 0.3) is 11.0 Å². The molecular weight excluding hydrogens is 266 g/mol. The van der Waals surface area contributed by atoms with E-state index in [-0.39, 0.29) is 5.97 Å². The van der Waals surface area contributed by atoms with Gasteiger partial charge < -0.3 is 14.6 Å². The third-order valence-corrected chi connectivity index (χ3v) is 4.00. The monoisotopic (exact) mass is 289 g/mol. The molecule has 0 radical (unpaired) electrons. The zero-order valence-electron chi connectivity index (χ0n) is 13.4. The molecule has 0 bridgehead atoms. The standard InChI is InChI=1S/C16H23N3O2/c1-6-21-15(20)16(4,17-5)9-19-10-18-13-7-11(2)12(3)8-14(13)19/h7-8,10,17H,6,9H2,1-5H3. The van der Waals surface area contributed by atoms with Crippen molar-refractivity contribution in [3.8, 4) is 0 Å². The predicted octanol–water partition coefficient (Wildman–Crippen LogP) is 2.19. The Morgan fingerprint density at radius 2 is 2.05 bits per heavy atom. The van der Waals surface area contributed by atoms with Gasteiger partial charge in [0.05, 0.1) is 30.5 Å².